The minimum Gasteiger partial charge on any atom is -0.394 e. The Morgan fingerprint density at radius 3 is 3.18 bits per heavy atom. The number of rotatable bonds is 0. The third-order valence-electron chi connectivity index (χ3n) is 2.01. The van der Waals surface area contributed by atoms with Crippen LogP contribution in [-0.2, 0) is 6.54 Å². The van der Waals surface area contributed by atoms with E-state index >= 15 is 0 Å². The second-order valence-electron chi connectivity index (χ2n) is 2.85. The van der Waals surface area contributed by atoms with Gasteiger partial charge in [-0.25, -0.2) is 4.68 Å². The van der Waals surface area contributed by atoms with Crippen LogP contribution in [0.4, 0.5) is 11.5 Å². The van der Waals surface area contributed by atoms with Crippen LogP contribution < -0.4 is 11.1 Å². The van der Waals surface area contributed by atoms with Crippen LogP contribution in [0.3, 0.4) is 0 Å². The number of nitrogens with zero attached hydrogens (tertiary/aromatic N) is 2. The molecule has 0 saturated heterocycles. The lowest BCUT2D eigenvalue weighted by Crippen LogP contribution is -2.18. The number of nitrogens with two attached hydrogens (primary N) is 1. The maximum Gasteiger partial charge on any atom is 0.148 e. The molecular formula is C7H12N4. The Hall–Kier alpha value is -1.19. The molecule has 0 spiro atoms. The number of hydrogen-bond acceptors (Lipinski definition) is 3. The van der Waals surface area contributed by atoms with Gasteiger partial charge in [-0.15, -0.1) is 0 Å². The van der Waals surface area contributed by atoms with Crippen molar-refractivity contribution >= 4 is 11.5 Å². The van der Waals surface area contributed by atoms with Crippen molar-refractivity contribution in [3.8, 4) is 0 Å². The molecule has 1 aliphatic heterocycles. The molecule has 1 aromatic rings. The van der Waals surface area contributed by atoms with Crippen molar-refractivity contribution in [3.05, 3.63) is 5.69 Å². The van der Waals surface area contributed by atoms with Gasteiger partial charge in [-0.3, -0.25) is 0 Å². The Balaban J connectivity index is 2.50. The zero-order chi connectivity index (χ0) is 7.84. The standard InChI is InChI=1S/C7H12N4/c1-5-6(8)7-9-3-2-4-11(7)10-5/h9H,2-4,8H2,1H3. The smallest absolute Gasteiger partial charge is 0.148 e. The number of nitrogen functional groups attached to an aromatic ring is 1. The molecule has 1 aromatic heterocycles. The maximum atomic E-state index is 5.78. The zero-order valence-electron chi connectivity index (χ0n) is 6.59. The van der Waals surface area contributed by atoms with E-state index in [2.05, 4.69) is 10.4 Å². The molecule has 3 N–H and O–H groups in total. The third-order valence-corrected chi connectivity index (χ3v) is 2.01. The maximum absolute atomic E-state index is 5.78. The van der Waals surface area contributed by atoms with E-state index in [1.807, 2.05) is 11.6 Å². The summed E-state index contributed by atoms with van der Waals surface area (Å²) in [6.07, 6.45) is 1.13. The molecule has 4 heteroatoms. The molecule has 2 rings (SSSR count). The van der Waals surface area contributed by atoms with Crippen LogP contribution in [0.15, 0.2) is 0 Å². The molecule has 0 radical (unpaired) electrons. The summed E-state index contributed by atoms with van der Waals surface area (Å²) >= 11 is 0. The molecule has 0 aromatic carbocycles. The number of aromatic nitrogens is 2. The van der Waals surface area contributed by atoms with Crippen molar-refractivity contribution in [2.45, 2.75) is 19.9 Å². The predicted molar refractivity (Wildman–Crippen MR) is 44.5 cm³/mol. The van der Waals surface area contributed by atoms with Gasteiger partial charge in [0.25, 0.3) is 0 Å². The van der Waals surface area contributed by atoms with Crippen LogP contribution in [-0.4, -0.2) is 16.3 Å². The van der Waals surface area contributed by atoms with E-state index in [-0.39, 0.29) is 0 Å². The summed E-state index contributed by atoms with van der Waals surface area (Å²) in [5.74, 6) is 0.994. The lowest BCUT2D eigenvalue weighted by molar-refractivity contribution is 0.564. The predicted octanol–water partition coefficient (Wildman–Crippen LogP) is 0.589. The summed E-state index contributed by atoms with van der Waals surface area (Å²) in [5, 5.41) is 7.51. The lowest BCUT2D eigenvalue weighted by atomic mass is 10.3. The van der Waals surface area contributed by atoms with Crippen molar-refractivity contribution < 1.29 is 0 Å². The second kappa shape index (κ2) is 2.15. The van der Waals surface area contributed by atoms with E-state index in [9.17, 15) is 0 Å². The first-order valence-electron chi connectivity index (χ1n) is 3.86. The first-order valence-corrected chi connectivity index (χ1v) is 3.86. The van der Waals surface area contributed by atoms with E-state index in [1.165, 1.54) is 0 Å². The van der Waals surface area contributed by atoms with Gasteiger partial charge in [0.15, 0.2) is 0 Å². The molecule has 4 nitrogen and oxygen atoms in total. The summed E-state index contributed by atoms with van der Waals surface area (Å²) in [6, 6.07) is 0. The monoisotopic (exact) mass is 152 g/mol. The van der Waals surface area contributed by atoms with Crippen LogP contribution in [0.5, 0.6) is 0 Å². The van der Waals surface area contributed by atoms with E-state index in [0.29, 0.717) is 0 Å². The molecule has 60 valence electrons. The van der Waals surface area contributed by atoms with Gasteiger partial charge < -0.3 is 11.1 Å². The largest absolute Gasteiger partial charge is 0.394 e. The van der Waals surface area contributed by atoms with Crippen LogP contribution in [0.25, 0.3) is 0 Å². The quantitative estimate of drug-likeness (QED) is 0.572. The van der Waals surface area contributed by atoms with Gasteiger partial charge >= 0.3 is 0 Å². The highest BCUT2D eigenvalue weighted by molar-refractivity contribution is 5.65. The van der Waals surface area contributed by atoms with E-state index in [0.717, 1.165) is 36.7 Å². The van der Waals surface area contributed by atoms with Gasteiger partial charge in [-0.1, -0.05) is 0 Å². The average Bonchev–Trinajstić information content (AvgIpc) is 2.30. The average molecular weight is 152 g/mol. The lowest BCUT2D eigenvalue weighted by Gasteiger charge is -2.15. The summed E-state index contributed by atoms with van der Waals surface area (Å²) in [5.41, 5.74) is 7.50. The highest BCUT2D eigenvalue weighted by Crippen LogP contribution is 2.24. The Morgan fingerprint density at radius 2 is 2.45 bits per heavy atom. The van der Waals surface area contributed by atoms with Crippen LogP contribution in [0.2, 0.25) is 0 Å². The van der Waals surface area contributed by atoms with Gasteiger partial charge in [-0.05, 0) is 13.3 Å². The molecule has 0 amide bonds. The summed E-state index contributed by atoms with van der Waals surface area (Å²) < 4.78 is 1.94. The summed E-state index contributed by atoms with van der Waals surface area (Å²) in [7, 11) is 0. The molecule has 0 atom stereocenters. The number of fused-ring (bicyclic) bond motifs is 1. The first kappa shape index (κ1) is 6.52. The normalized spacial score (nSPS) is 15.7. The topological polar surface area (TPSA) is 55.9 Å². The number of aryl methyl sites for hydroxylation is 2. The van der Waals surface area contributed by atoms with Crippen molar-refractivity contribution in [1.82, 2.24) is 9.78 Å². The van der Waals surface area contributed by atoms with E-state index < -0.39 is 0 Å². The Labute approximate surface area is 65.4 Å². The third kappa shape index (κ3) is 0.859. The second-order valence-corrected chi connectivity index (χ2v) is 2.85. The van der Waals surface area contributed by atoms with Crippen LogP contribution >= 0.6 is 0 Å². The first-order chi connectivity index (χ1) is 5.29. The van der Waals surface area contributed by atoms with E-state index in [4.69, 9.17) is 5.73 Å². The fourth-order valence-electron chi connectivity index (χ4n) is 1.38. The van der Waals surface area contributed by atoms with Gasteiger partial charge in [0.1, 0.15) is 5.82 Å². The fraction of sp³-hybridized carbons (Fsp3) is 0.571. The molecule has 1 aliphatic rings. The minimum absolute atomic E-state index is 0.796. The highest BCUT2D eigenvalue weighted by atomic mass is 15.4. The van der Waals surface area contributed by atoms with Crippen molar-refractivity contribution in [2.24, 2.45) is 0 Å². The molecular weight excluding hydrogens is 140 g/mol. The molecule has 11 heavy (non-hydrogen) atoms. The van der Waals surface area contributed by atoms with Crippen LogP contribution in [0.1, 0.15) is 12.1 Å². The number of nitrogens with one attached hydrogen (secondary N) is 1. The zero-order valence-corrected chi connectivity index (χ0v) is 6.59. The van der Waals surface area contributed by atoms with Crippen LogP contribution in [0, 0.1) is 6.92 Å². The Bertz CT molecular complexity index is 276. The fourth-order valence-corrected chi connectivity index (χ4v) is 1.38. The van der Waals surface area contributed by atoms with E-state index in [1.54, 1.807) is 0 Å². The highest BCUT2D eigenvalue weighted by Gasteiger charge is 2.14. The molecule has 2 heterocycles. The van der Waals surface area contributed by atoms with Gasteiger partial charge in [0.05, 0.1) is 11.4 Å². The Kier molecular flexibility index (Phi) is 1.27. The number of anilines is 2. The molecule has 0 bridgehead atoms. The summed E-state index contributed by atoms with van der Waals surface area (Å²) in [4.78, 5) is 0. The molecule has 0 fully saturated rings. The van der Waals surface area contributed by atoms with Crippen molar-refractivity contribution in [1.29, 1.82) is 0 Å². The van der Waals surface area contributed by atoms with Gasteiger partial charge in [0, 0.05) is 13.1 Å². The molecule has 0 aliphatic carbocycles. The number of hydrogen-bond donors (Lipinski definition) is 2. The minimum atomic E-state index is 0.796. The van der Waals surface area contributed by atoms with Crippen molar-refractivity contribution in [2.75, 3.05) is 17.6 Å². The Morgan fingerprint density at radius 1 is 1.64 bits per heavy atom. The summed E-state index contributed by atoms with van der Waals surface area (Å²) in [6.45, 7) is 3.93. The molecule has 0 unspecified atom stereocenters. The molecule has 0 saturated carbocycles. The SMILES string of the molecule is Cc1nn2c(c1N)NCCC2. The van der Waals surface area contributed by atoms with Gasteiger partial charge in [-0.2, -0.15) is 5.10 Å². The van der Waals surface area contributed by atoms with Crippen molar-refractivity contribution in [3.63, 3.8) is 0 Å². The van der Waals surface area contributed by atoms with Gasteiger partial charge in [0.2, 0.25) is 0 Å².